The van der Waals surface area contributed by atoms with Gasteiger partial charge in [-0.15, -0.1) is 0 Å². The predicted molar refractivity (Wildman–Crippen MR) is 117 cm³/mol. The van der Waals surface area contributed by atoms with Crippen LogP contribution in [0.2, 0.25) is 0 Å². The number of halogens is 1. The molecule has 6 nitrogen and oxygen atoms in total. The maximum Gasteiger partial charge on any atom is 0.341 e. The number of aromatic amines is 1. The summed E-state index contributed by atoms with van der Waals surface area (Å²) >= 11 is 0. The van der Waals surface area contributed by atoms with Gasteiger partial charge in [0.1, 0.15) is 17.1 Å². The molecular weight excluding hydrogens is 397 g/mol. The van der Waals surface area contributed by atoms with Gasteiger partial charge in [0.05, 0.1) is 6.61 Å². The summed E-state index contributed by atoms with van der Waals surface area (Å²) in [6, 6.07) is 4.41. The van der Waals surface area contributed by atoms with E-state index in [9.17, 15) is 14.0 Å². The molecule has 0 atom stereocenters. The molecule has 166 valence electrons. The van der Waals surface area contributed by atoms with Crippen molar-refractivity contribution in [2.45, 2.75) is 59.3 Å². The molecule has 0 bridgehead atoms. The van der Waals surface area contributed by atoms with Crippen LogP contribution in [0.5, 0.6) is 0 Å². The number of carbonyl (C=O) groups excluding carboxylic acids is 2. The first-order chi connectivity index (χ1) is 14.7. The van der Waals surface area contributed by atoms with Gasteiger partial charge in [-0.05, 0) is 44.4 Å². The number of carbonyl (C=O) groups is 2. The number of ether oxygens (including phenoxy) is 1. The number of esters is 1. The molecule has 31 heavy (non-hydrogen) atoms. The van der Waals surface area contributed by atoms with Gasteiger partial charge < -0.3 is 9.64 Å². The summed E-state index contributed by atoms with van der Waals surface area (Å²) in [5, 5.41) is 7.55. The molecule has 1 N–H and O–H groups in total. The Hall–Kier alpha value is -2.96. The number of hydrogen-bond donors (Lipinski definition) is 1. The molecule has 0 fully saturated rings. The number of unbranched alkanes of at least 4 members (excludes halogenated alkanes) is 1. The molecule has 0 aliphatic carbocycles. The molecule has 0 unspecified atom stereocenters. The smallest absolute Gasteiger partial charge is 0.341 e. The van der Waals surface area contributed by atoms with Gasteiger partial charge in [0.25, 0.3) is 5.91 Å². The quantitative estimate of drug-likeness (QED) is 0.687. The van der Waals surface area contributed by atoms with Gasteiger partial charge >= 0.3 is 5.97 Å². The van der Waals surface area contributed by atoms with E-state index in [1.165, 1.54) is 17.2 Å². The molecule has 1 aliphatic heterocycles. The van der Waals surface area contributed by atoms with Crippen molar-refractivity contribution >= 4 is 17.4 Å². The lowest BCUT2D eigenvalue weighted by atomic mass is 9.81. The monoisotopic (exact) mass is 427 g/mol. The molecule has 1 aromatic carbocycles. The van der Waals surface area contributed by atoms with E-state index in [1.807, 2.05) is 13.8 Å². The highest BCUT2D eigenvalue weighted by Crippen LogP contribution is 2.37. The summed E-state index contributed by atoms with van der Waals surface area (Å²) in [5.41, 5.74) is 2.83. The number of aromatic nitrogens is 2. The molecule has 0 radical (unpaired) electrons. The van der Waals surface area contributed by atoms with Gasteiger partial charge in [-0.2, -0.15) is 5.10 Å². The molecule has 3 rings (SSSR count). The summed E-state index contributed by atoms with van der Waals surface area (Å²) in [6.07, 6.45) is 4.30. The van der Waals surface area contributed by atoms with Crippen LogP contribution >= 0.6 is 0 Å². The average molecular weight is 428 g/mol. The SMILES string of the molecule is CCCCc1[nH]nc2c1C(C)(C)CN(C(=O)c1ccc(C)c(F)c1)C=C2C(=O)OCC. The lowest BCUT2D eigenvalue weighted by Gasteiger charge is -2.30. The number of hydrogen-bond acceptors (Lipinski definition) is 4. The number of rotatable bonds is 6. The fourth-order valence-electron chi connectivity index (χ4n) is 3.98. The number of fused-ring (bicyclic) bond motifs is 1. The number of nitrogens with zero attached hydrogens (tertiary/aromatic N) is 2. The van der Waals surface area contributed by atoms with Gasteiger partial charge in [0, 0.05) is 35.0 Å². The first kappa shape index (κ1) is 22.7. The first-order valence-electron chi connectivity index (χ1n) is 10.7. The normalized spacial score (nSPS) is 15.2. The molecule has 1 amide bonds. The van der Waals surface area contributed by atoms with Crippen molar-refractivity contribution in [2.75, 3.05) is 13.2 Å². The second-order valence-corrected chi connectivity index (χ2v) is 8.57. The predicted octanol–water partition coefficient (Wildman–Crippen LogP) is 4.54. The molecule has 2 aromatic rings. The van der Waals surface area contributed by atoms with Gasteiger partial charge in [-0.3, -0.25) is 9.89 Å². The highest BCUT2D eigenvalue weighted by atomic mass is 19.1. The van der Waals surface area contributed by atoms with Crippen molar-refractivity contribution in [3.63, 3.8) is 0 Å². The third kappa shape index (κ3) is 4.55. The van der Waals surface area contributed by atoms with Crippen molar-refractivity contribution in [1.82, 2.24) is 15.1 Å². The van der Waals surface area contributed by atoms with Crippen LogP contribution < -0.4 is 0 Å². The topological polar surface area (TPSA) is 75.3 Å². The number of aryl methyl sites for hydroxylation is 2. The zero-order valence-corrected chi connectivity index (χ0v) is 18.8. The average Bonchev–Trinajstić information content (AvgIpc) is 3.10. The van der Waals surface area contributed by atoms with Crippen LogP contribution in [0.15, 0.2) is 24.4 Å². The van der Waals surface area contributed by atoms with E-state index in [0.29, 0.717) is 17.8 Å². The van der Waals surface area contributed by atoms with Crippen molar-refractivity contribution in [1.29, 1.82) is 0 Å². The van der Waals surface area contributed by atoms with Crippen LogP contribution in [0, 0.1) is 12.7 Å². The first-order valence-corrected chi connectivity index (χ1v) is 10.7. The zero-order chi connectivity index (χ0) is 22.8. The van der Waals surface area contributed by atoms with E-state index in [-0.39, 0.29) is 23.7 Å². The van der Waals surface area contributed by atoms with Gasteiger partial charge in [-0.25, -0.2) is 9.18 Å². The van der Waals surface area contributed by atoms with Crippen molar-refractivity contribution in [3.8, 4) is 0 Å². The molecular formula is C24H30FN3O3. The second-order valence-electron chi connectivity index (χ2n) is 8.57. The third-order valence-electron chi connectivity index (χ3n) is 5.58. The van der Waals surface area contributed by atoms with Crippen molar-refractivity contribution < 1.29 is 18.7 Å². The Morgan fingerprint density at radius 3 is 2.68 bits per heavy atom. The summed E-state index contributed by atoms with van der Waals surface area (Å²) in [6.45, 7) is 10.1. The van der Waals surface area contributed by atoms with Crippen molar-refractivity contribution in [2.24, 2.45) is 0 Å². The van der Waals surface area contributed by atoms with Crippen LogP contribution in [0.1, 0.15) is 73.4 Å². The largest absolute Gasteiger partial charge is 0.462 e. The summed E-state index contributed by atoms with van der Waals surface area (Å²) in [4.78, 5) is 27.6. The number of nitrogens with one attached hydrogen (secondary N) is 1. The highest BCUT2D eigenvalue weighted by molar-refractivity contribution is 6.17. The van der Waals surface area contributed by atoms with Crippen LogP contribution in [-0.2, 0) is 21.4 Å². The minimum atomic E-state index is -0.539. The molecule has 0 spiro atoms. The Balaban J connectivity index is 2.10. The highest BCUT2D eigenvalue weighted by Gasteiger charge is 2.38. The van der Waals surface area contributed by atoms with Crippen LogP contribution in [0.4, 0.5) is 4.39 Å². The number of benzene rings is 1. The van der Waals surface area contributed by atoms with Gasteiger partial charge in [0.2, 0.25) is 0 Å². The molecule has 0 saturated carbocycles. The Morgan fingerprint density at radius 1 is 1.29 bits per heavy atom. The number of amides is 1. The van der Waals surface area contributed by atoms with E-state index < -0.39 is 17.2 Å². The van der Waals surface area contributed by atoms with E-state index in [0.717, 1.165) is 30.5 Å². The van der Waals surface area contributed by atoms with Gasteiger partial charge in [0.15, 0.2) is 0 Å². The molecule has 0 saturated heterocycles. The minimum absolute atomic E-state index is 0.207. The summed E-state index contributed by atoms with van der Waals surface area (Å²) in [7, 11) is 0. The van der Waals surface area contributed by atoms with Crippen LogP contribution in [0.25, 0.3) is 5.57 Å². The standard InChI is InChI=1S/C24H30FN3O3/c1-6-8-9-19-20-21(27-26-19)17(23(30)31-7-2)13-28(14-24(20,4)5)22(29)16-11-10-15(3)18(25)12-16/h10-13H,6-9,14H2,1-5H3,(H,26,27). The second kappa shape index (κ2) is 9.04. The zero-order valence-electron chi connectivity index (χ0n) is 18.8. The summed E-state index contributed by atoms with van der Waals surface area (Å²) < 4.78 is 19.4. The maximum absolute atomic E-state index is 14.1. The van der Waals surface area contributed by atoms with Crippen molar-refractivity contribution in [3.05, 3.63) is 58.3 Å². The maximum atomic E-state index is 14.1. The van der Waals surface area contributed by atoms with E-state index >= 15 is 0 Å². The third-order valence-corrected chi connectivity index (χ3v) is 5.58. The summed E-state index contributed by atoms with van der Waals surface area (Å²) in [5.74, 6) is -1.36. The Morgan fingerprint density at radius 2 is 2.03 bits per heavy atom. The molecule has 7 heteroatoms. The van der Waals surface area contributed by atoms with E-state index in [1.54, 1.807) is 26.0 Å². The van der Waals surface area contributed by atoms with E-state index in [4.69, 9.17) is 4.74 Å². The molecule has 2 heterocycles. The molecule has 1 aromatic heterocycles. The fourth-order valence-corrected chi connectivity index (χ4v) is 3.98. The Labute approximate surface area is 182 Å². The molecule has 1 aliphatic rings. The lowest BCUT2D eigenvalue weighted by Crippen LogP contribution is -2.37. The lowest BCUT2D eigenvalue weighted by molar-refractivity contribution is -0.136. The van der Waals surface area contributed by atoms with Crippen LogP contribution in [-0.4, -0.2) is 40.1 Å². The minimum Gasteiger partial charge on any atom is -0.462 e. The Kier molecular flexibility index (Phi) is 6.62. The Bertz CT molecular complexity index is 1020. The van der Waals surface area contributed by atoms with E-state index in [2.05, 4.69) is 17.1 Å². The van der Waals surface area contributed by atoms with Crippen LogP contribution in [0.3, 0.4) is 0 Å². The fraction of sp³-hybridized carbons (Fsp3) is 0.458. The number of H-pyrrole nitrogens is 1. The van der Waals surface area contributed by atoms with Gasteiger partial charge in [-0.1, -0.05) is 33.3 Å².